The van der Waals surface area contributed by atoms with Gasteiger partial charge in [0.05, 0.1) is 0 Å². The second-order valence-electron chi connectivity index (χ2n) is 3.42. The molecule has 0 unspecified atom stereocenters. The summed E-state index contributed by atoms with van der Waals surface area (Å²) >= 11 is 0. The molecule has 1 aromatic rings. The van der Waals surface area contributed by atoms with Crippen LogP contribution in [0.25, 0.3) is 0 Å². The molecule has 0 aliphatic rings. The maximum atomic E-state index is 11.3. The molecule has 0 aliphatic heterocycles. The van der Waals surface area contributed by atoms with E-state index in [0.29, 0.717) is 5.75 Å². The zero-order valence-electron chi connectivity index (χ0n) is 7.78. The number of carbonyl (C=O) groups excluding carboxylic acids is 1. The molecule has 0 saturated heterocycles. The van der Waals surface area contributed by atoms with Gasteiger partial charge in [-0.05, 0) is 26.0 Å². The van der Waals surface area contributed by atoms with Crippen molar-refractivity contribution in [1.82, 2.24) is 0 Å². The molecule has 3 heteroatoms. The van der Waals surface area contributed by atoms with Gasteiger partial charge in [-0.3, -0.25) is 0 Å². The van der Waals surface area contributed by atoms with Crippen molar-refractivity contribution in [3.8, 4) is 5.75 Å². The highest BCUT2D eigenvalue weighted by Gasteiger charge is 2.24. The Morgan fingerprint density at radius 2 is 1.85 bits per heavy atom. The van der Waals surface area contributed by atoms with Crippen LogP contribution in [0.2, 0.25) is 0 Å². The first-order valence-corrected chi connectivity index (χ1v) is 4.06. The lowest BCUT2D eigenvalue weighted by Gasteiger charge is -2.16. The van der Waals surface area contributed by atoms with E-state index < -0.39 is 11.5 Å². The van der Waals surface area contributed by atoms with E-state index in [1.165, 1.54) is 0 Å². The fraction of sp³-hybridized carbons (Fsp3) is 0.300. The van der Waals surface area contributed by atoms with Crippen molar-refractivity contribution < 1.29 is 9.53 Å². The third kappa shape index (κ3) is 2.87. The lowest BCUT2D eigenvalue weighted by molar-refractivity contribution is -0.139. The van der Waals surface area contributed by atoms with Gasteiger partial charge in [0.2, 0.25) is 0 Å². The maximum absolute atomic E-state index is 11.3. The van der Waals surface area contributed by atoms with Gasteiger partial charge in [0.15, 0.2) is 0 Å². The molecular formula is C10H13NO2. The van der Waals surface area contributed by atoms with Crippen LogP contribution in [0.15, 0.2) is 30.3 Å². The van der Waals surface area contributed by atoms with Crippen molar-refractivity contribution in [1.29, 1.82) is 0 Å². The second-order valence-corrected chi connectivity index (χ2v) is 3.42. The monoisotopic (exact) mass is 179 g/mol. The van der Waals surface area contributed by atoms with E-state index in [0.717, 1.165) is 0 Å². The van der Waals surface area contributed by atoms with Gasteiger partial charge < -0.3 is 10.5 Å². The highest BCUT2D eigenvalue weighted by atomic mass is 16.5. The molecule has 2 N–H and O–H groups in total. The highest BCUT2D eigenvalue weighted by molar-refractivity contribution is 5.81. The van der Waals surface area contributed by atoms with Crippen molar-refractivity contribution in [3.05, 3.63) is 30.3 Å². The minimum atomic E-state index is -0.949. The Morgan fingerprint density at radius 3 is 2.31 bits per heavy atom. The molecule has 0 aromatic heterocycles. The third-order valence-corrected chi connectivity index (χ3v) is 1.48. The van der Waals surface area contributed by atoms with E-state index in [2.05, 4.69) is 0 Å². The summed E-state index contributed by atoms with van der Waals surface area (Å²) in [5, 5.41) is 0. The number of hydrogen-bond acceptors (Lipinski definition) is 3. The van der Waals surface area contributed by atoms with Crippen molar-refractivity contribution in [2.75, 3.05) is 0 Å². The van der Waals surface area contributed by atoms with E-state index >= 15 is 0 Å². The van der Waals surface area contributed by atoms with E-state index in [9.17, 15) is 4.79 Å². The third-order valence-electron chi connectivity index (χ3n) is 1.48. The predicted octanol–water partition coefficient (Wildman–Crippen LogP) is 1.33. The minimum Gasteiger partial charge on any atom is -0.425 e. The molecule has 0 fully saturated rings. The van der Waals surface area contributed by atoms with Gasteiger partial charge in [0.1, 0.15) is 11.3 Å². The number of carbonyl (C=O) groups is 1. The zero-order valence-corrected chi connectivity index (χ0v) is 7.78. The SMILES string of the molecule is CC(C)(N)C(=O)Oc1ccccc1. The average Bonchev–Trinajstić information content (AvgIpc) is 2.04. The molecular weight excluding hydrogens is 166 g/mol. The Hall–Kier alpha value is -1.35. The molecule has 3 nitrogen and oxygen atoms in total. The molecule has 0 saturated carbocycles. The van der Waals surface area contributed by atoms with Crippen LogP contribution >= 0.6 is 0 Å². The van der Waals surface area contributed by atoms with Crippen molar-refractivity contribution >= 4 is 5.97 Å². The van der Waals surface area contributed by atoms with Gasteiger partial charge in [-0.2, -0.15) is 0 Å². The van der Waals surface area contributed by atoms with Crippen LogP contribution in [0.1, 0.15) is 13.8 Å². The number of ether oxygens (including phenoxy) is 1. The maximum Gasteiger partial charge on any atom is 0.330 e. The standard InChI is InChI=1S/C10H13NO2/c1-10(2,11)9(12)13-8-6-4-3-5-7-8/h3-7H,11H2,1-2H3. The summed E-state index contributed by atoms with van der Waals surface area (Å²) in [7, 11) is 0. The van der Waals surface area contributed by atoms with Crippen LogP contribution in [0, 0.1) is 0 Å². The van der Waals surface area contributed by atoms with E-state index in [-0.39, 0.29) is 0 Å². The Balaban J connectivity index is 2.66. The topological polar surface area (TPSA) is 52.3 Å². The molecule has 0 amide bonds. The number of nitrogens with two attached hydrogens (primary N) is 1. The van der Waals surface area contributed by atoms with Crippen molar-refractivity contribution in [3.63, 3.8) is 0 Å². The average molecular weight is 179 g/mol. The number of para-hydroxylation sites is 1. The van der Waals surface area contributed by atoms with Crippen LogP contribution in [-0.2, 0) is 4.79 Å². The second kappa shape index (κ2) is 3.58. The van der Waals surface area contributed by atoms with Crippen molar-refractivity contribution in [2.45, 2.75) is 19.4 Å². The summed E-state index contributed by atoms with van der Waals surface area (Å²) in [6.07, 6.45) is 0. The first-order valence-electron chi connectivity index (χ1n) is 4.06. The van der Waals surface area contributed by atoms with Gasteiger partial charge in [-0.15, -0.1) is 0 Å². The first-order chi connectivity index (χ1) is 6.00. The highest BCUT2D eigenvalue weighted by Crippen LogP contribution is 2.11. The van der Waals surface area contributed by atoms with Crippen LogP contribution in [0.5, 0.6) is 5.75 Å². The summed E-state index contributed by atoms with van der Waals surface area (Å²) in [6, 6.07) is 8.87. The normalized spacial score (nSPS) is 11.0. The van der Waals surface area contributed by atoms with Gasteiger partial charge in [-0.25, -0.2) is 4.79 Å². The van der Waals surface area contributed by atoms with Crippen LogP contribution in [-0.4, -0.2) is 11.5 Å². The fourth-order valence-electron chi connectivity index (χ4n) is 0.727. The lowest BCUT2D eigenvalue weighted by atomic mass is 10.1. The molecule has 0 radical (unpaired) electrons. The molecule has 70 valence electrons. The predicted molar refractivity (Wildman–Crippen MR) is 50.3 cm³/mol. The zero-order chi connectivity index (χ0) is 9.90. The van der Waals surface area contributed by atoms with Gasteiger partial charge >= 0.3 is 5.97 Å². The quantitative estimate of drug-likeness (QED) is 0.550. The molecule has 0 spiro atoms. The van der Waals surface area contributed by atoms with Gasteiger partial charge in [-0.1, -0.05) is 18.2 Å². The molecule has 1 rings (SSSR count). The summed E-state index contributed by atoms with van der Waals surface area (Å²) in [5.74, 6) is 0.0877. The number of hydrogen-bond donors (Lipinski definition) is 1. The Kier molecular flexibility index (Phi) is 2.68. The summed E-state index contributed by atoms with van der Waals surface area (Å²) < 4.78 is 5.01. The van der Waals surface area contributed by atoms with E-state index in [1.54, 1.807) is 38.1 Å². The molecule has 1 aromatic carbocycles. The lowest BCUT2D eigenvalue weighted by Crippen LogP contribution is -2.44. The van der Waals surface area contributed by atoms with Crippen LogP contribution < -0.4 is 10.5 Å². The first kappa shape index (κ1) is 9.74. The molecule has 0 heterocycles. The van der Waals surface area contributed by atoms with Gasteiger partial charge in [0.25, 0.3) is 0 Å². The van der Waals surface area contributed by atoms with Crippen LogP contribution in [0.3, 0.4) is 0 Å². The largest absolute Gasteiger partial charge is 0.425 e. The molecule has 0 aliphatic carbocycles. The summed E-state index contributed by atoms with van der Waals surface area (Å²) in [4.78, 5) is 11.3. The molecule has 0 atom stereocenters. The Bertz CT molecular complexity index is 288. The fourth-order valence-corrected chi connectivity index (χ4v) is 0.727. The summed E-state index contributed by atoms with van der Waals surface area (Å²) in [6.45, 7) is 3.22. The van der Waals surface area contributed by atoms with E-state index in [1.807, 2.05) is 6.07 Å². The minimum absolute atomic E-state index is 0.432. The smallest absolute Gasteiger partial charge is 0.330 e. The molecule has 13 heavy (non-hydrogen) atoms. The van der Waals surface area contributed by atoms with Crippen LogP contribution in [0.4, 0.5) is 0 Å². The Labute approximate surface area is 77.5 Å². The van der Waals surface area contributed by atoms with Crippen molar-refractivity contribution in [2.24, 2.45) is 5.73 Å². The molecule has 0 bridgehead atoms. The summed E-state index contributed by atoms with van der Waals surface area (Å²) in [5.41, 5.74) is 4.60. The number of rotatable bonds is 2. The Morgan fingerprint density at radius 1 is 1.31 bits per heavy atom. The number of esters is 1. The van der Waals surface area contributed by atoms with E-state index in [4.69, 9.17) is 10.5 Å². The van der Waals surface area contributed by atoms with Gasteiger partial charge in [0, 0.05) is 0 Å². The number of benzene rings is 1.